The molecule has 1 aliphatic heterocycles. The van der Waals surface area contributed by atoms with Crippen molar-refractivity contribution >= 4 is 23.4 Å². The Morgan fingerprint density at radius 2 is 2.27 bits per heavy atom. The lowest BCUT2D eigenvalue weighted by atomic mass is 10.1. The molecule has 15 heavy (non-hydrogen) atoms. The summed E-state index contributed by atoms with van der Waals surface area (Å²) >= 11 is 1.59. The zero-order chi connectivity index (χ0) is 11.0. The van der Waals surface area contributed by atoms with E-state index in [1.807, 2.05) is 32.0 Å². The number of carbonyl (C=O) groups excluding carboxylic acids is 1. The van der Waals surface area contributed by atoms with Crippen molar-refractivity contribution in [2.24, 2.45) is 5.73 Å². The van der Waals surface area contributed by atoms with Crippen LogP contribution in [0.4, 0.5) is 5.69 Å². The van der Waals surface area contributed by atoms with Crippen molar-refractivity contribution in [1.82, 2.24) is 0 Å². The van der Waals surface area contributed by atoms with E-state index < -0.39 is 0 Å². The lowest BCUT2D eigenvalue weighted by Gasteiger charge is -2.22. The van der Waals surface area contributed by atoms with Crippen molar-refractivity contribution < 1.29 is 4.79 Å². The van der Waals surface area contributed by atoms with Crippen molar-refractivity contribution in [3.05, 3.63) is 23.8 Å². The smallest absolute Gasteiger partial charge is 0.237 e. The van der Waals surface area contributed by atoms with E-state index in [0.717, 1.165) is 16.1 Å². The van der Waals surface area contributed by atoms with Crippen LogP contribution >= 0.6 is 11.8 Å². The Kier molecular flexibility index (Phi) is 2.71. The third-order valence-corrected chi connectivity index (χ3v) is 3.64. The maximum absolute atomic E-state index is 11.5. The Morgan fingerprint density at radius 1 is 1.53 bits per heavy atom. The number of thioether (sulfide) groups is 1. The number of carbonyl (C=O) groups is 1. The topological polar surface area (TPSA) is 55.1 Å². The molecule has 3 nitrogen and oxygen atoms in total. The van der Waals surface area contributed by atoms with E-state index >= 15 is 0 Å². The molecular formula is C11H14N2OS. The van der Waals surface area contributed by atoms with Crippen LogP contribution in [-0.2, 0) is 4.79 Å². The van der Waals surface area contributed by atoms with Gasteiger partial charge in [-0.2, -0.15) is 0 Å². The summed E-state index contributed by atoms with van der Waals surface area (Å²) in [6.45, 7) is 3.84. The van der Waals surface area contributed by atoms with Crippen LogP contribution in [-0.4, -0.2) is 11.2 Å². The lowest BCUT2D eigenvalue weighted by Crippen LogP contribution is -2.26. The van der Waals surface area contributed by atoms with Gasteiger partial charge >= 0.3 is 0 Å². The SMILES string of the molecule is CC1Sc2ccc(C(C)N)cc2NC1=O. The molecule has 3 N–H and O–H groups in total. The average Bonchev–Trinajstić information content (AvgIpc) is 2.19. The van der Waals surface area contributed by atoms with E-state index in [1.54, 1.807) is 11.8 Å². The number of hydrogen-bond donors (Lipinski definition) is 2. The molecule has 4 heteroatoms. The Hall–Kier alpha value is -1.00. The van der Waals surface area contributed by atoms with Gasteiger partial charge in [0.15, 0.2) is 0 Å². The number of benzene rings is 1. The third kappa shape index (κ3) is 2.01. The minimum atomic E-state index is -0.0151. The summed E-state index contributed by atoms with van der Waals surface area (Å²) in [5, 5.41) is 2.87. The van der Waals surface area contributed by atoms with Crippen LogP contribution in [0.25, 0.3) is 0 Å². The molecule has 1 aromatic rings. The first kappa shape index (κ1) is 10.5. The summed E-state index contributed by atoms with van der Waals surface area (Å²) < 4.78 is 0. The van der Waals surface area contributed by atoms with Gasteiger partial charge in [0.05, 0.1) is 10.9 Å². The van der Waals surface area contributed by atoms with Crippen LogP contribution in [0.5, 0.6) is 0 Å². The molecule has 0 radical (unpaired) electrons. The molecule has 0 bridgehead atoms. The molecule has 1 aliphatic rings. The van der Waals surface area contributed by atoms with E-state index in [1.165, 1.54) is 0 Å². The van der Waals surface area contributed by atoms with Gasteiger partial charge in [0.1, 0.15) is 0 Å². The fourth-order valence-corrected chi connectivity index (χ4v) is 2.44. The van der Waals surface area contributed by atoms with Crippen LogP contribution in [0.1, 0.15) is 25.5 Å². The molecule has 0 aliphatic carbocycles. The quantitative estimate of drug-likeness (QED) is 0.765. The Labute approximate surface area is 93.4 Å². The van der Waals surface area contributed by atoms with Gasteiger partial charge in [0.25, 0.3) is 0 Å². The second-order valence-electron chi connectivity index (χ2n) is 3.79. The van der Waals surface area contributed by atoms with Gasteiger partial charge in [-0.3, -0.25) is 4.79 Å². The maximum Gasteiger partial charge on any atom is 0.237 e. The first-order chi connectivity index (χ1) is 7.08. The highest BCUT2D eigenvalue weighted by Crippen LogP contribution is 2.36. The number of nitrogens with two attached hydrogens (primary N) is 1. The summed E-state index contributed by atoms with van der Waals surface area (Å²) in [5.41, 5.74) is 7.72. The van der Waals surface area contributed by atoms with Crippen molar-refractivity contribution in [3.63, 3.8) is 0 Å². The van der Waals surface area contributed by atoms with E-state index in [-0.39, 0.29) is 17.2 Å². The van der Waals surface area contributed by atoms with E-state index in [2.05, 4.69) is 5.32 Å². The molecule has 2 atom stereocenters. The zero-order valence-electron chi connectivity index (χ0n) is 8.78. The van der Waals surface area contributed by atoms with Crippen molar-refractivity contribution in [3.8, 4) is 0 Å². The third-order valence-electron chi connectivity index (χ3n) is 2.46. The molecule has 1 amide bonds. The largest absolute Gasteiger partial charge is 0.324 e. The number of amides is 1. The minimum Gasteiger partial charge on any atom is -0.324 e. The number of nitrogens with one attached hydrogen (secondary N) is 1. The number of fused-ring (bicyclic) bond motifs is 1. The molecular weight excluding hydrogens is 208 g/mol. The van der Waals surface area contributed by atoms with E-state index in [4.69, 9.17) is 5.73 Å². The first-order valence-electron chi connectivity index (χ1n) is 4.95. The first-order valence-corrected chi connectivity index (χ1v) is 5.83. The number of anilines is 1. The molecule has 2 rings (SSSR count). The summed E-state index contributed by atoms with van der Waals surface area (Å²) in [4.78, 5) is 12.6. The normalized spacial score (nSPS) is 21.8. The average molecular weight is 222 g/mol. The molecule has 2 unspecified atom stereocenters. The maximum atomic E-state index is 11.5. The van der Waals surface area contributed by atoms with Crippen LogP contribution in [0.3, 0.4) is 0 Å². The van der Waals surface area contributed by atoms with Crippen LogP contribution in [0.2, 0.25) is 0 Å². The zero-order valence-corrected chi connectivity index (χ0v) is 9.60. The van der Waals surface area contributed by atoms with Gasteiger partial charge < -0.3 is 11.1 Å². The highest BCUT2D eigenvalue weighted by molar-refractivity contribution is 8.00. The van der Waals surface area contributed by atoms with Gasteiger partial charge in [-0.15, -0.1) is 11.8 Å². The van der Waals surface area contributed by atoms with Gasteiger partial charge in [-0.1, -0.05) is 6.07 Å². The molecule has 0 saturated carbocycles. The Bertz CT molecular complexity index is 404. The summed E-state index contributed by atoms with van der Waals surface area (Å²) in [7, 11) is 0. The molecule has 1 aromatic carbocycles. The summed E-state index contributed by atoms with van der Waals surface area (Å²) in [6.07, 6.45) is 0. The standard InChI is InChI=1S/C11H14N2OS/c1-6(12)8-3-4-10-9(5-8)13-11(14)7(2)15-10/h3-7H,12H2,1-2H3,(H,13,14). The summed E-state index contributed by atoms with van der Waals surface area (Å²) in [6, 6.07) is 5.99. The molecule has 1 heterocycles. The lowest BCUT2D eigenvalue weighted by molar-refractivity contribution is -0.115. The van der Waals surface area contributed by atoms with Gasteiger partial charge in [0.2, 0.25) is 5.91 Å². The Morgan fingerprint density at radius 3 is 2.93 bits per heavy atom. The van der Waals surface area contributed by atoms with Gasteiger partial charge in [-0.25, -0.2) is 0 Å². The molecule has 0 spiro atoms. The van der Waals surface area contributed by atoms with Crippen molar-refractivity contribution in [2.75, 3.05) is 5.32 Å². The number of rotatable bonds is 1. The molecule has 0 fully saturated rings. The Balaban J connectivity index is 2.37. The van der Waals surface area contributed by atoms with E-state index in [9.17, 15) is 4.79 Å². The van der Waals surface area contributed by atoms with E-state index in [0.29, 0.717) is 0 Å². The van der Waals surface area contributed by atoms with Gasteiger partial charge in [-0.05, 0) is 31.5 Å². The molecule has 0 aromatic heterocycles. The monoisotopic (exact) mass is 222 g/mol. The fourth-order valence-electron chi connectivity index (χ4n) is 1.51. The highest BCUT2D eigenvalue weighted by atomic mass is 32.2. The van der Waals surface area contributed by atoms with Crippen LogP contribution in [0, 0.1) is 0 Å². The second kappa shape index (κ2) is 3.87. The predicted molar refractivity (Wildman–Crippen MR) is 63.0 cm³/mol. The second-order valence-corrected chi connectivity index (χ2v) is 5.18. The minimum absolute atomic E-state index is 0.00319. The fraction of sp³-hybridized carbons (Fsp3) is 0.364. The number of hydrogen-bond acceptors (Lipinski definition) is 3. The predicted octanol–water partition coefficient (Wildman–Crippen LogP) is 2.14. The van der Waals surface area contributed by atoms with Crippen molar-refractivity contribution in [1.29, 1.82) is 0 Å². The van der Waals surface area contributed by atoms with Crippen LogP contribution in [0.15, 0.2) is 23.1 Å². The molecule has 0 saturated heterocycles. The van der Waals surface area contributed by atoms with Crippen molar-refractivity contribution in [2.45, 2.75) is 30.0 Å². The van der Waals surface area contributed by atoms with Crippen LogP contribution < -0.4 is 11.1 Å². The highest BCUT2D eigenvalue weighted by Gasteiger charge is 2.23. The molecule has 80 valence electrons. The summed E-state index contributed by atoms with van der Waals surface area (Å²) in [5.74, 6) is 0.0642. The van der Waals surface area contributed by atoms with Gasteiger partial charge in [0, 0.05) is 10.9 Å².